The summed E-state index contributed by atoms with van der Waals surface area (Å²) in [6.45, 7) is 5.83. The van der Waals surface area contributed by atoms with Gasteiger partial charge in [-0.15, -0.1) is 0 Å². The SMILES string of the molecule is CC(C(=O)N1CCCCC1CNC(=O)CCN)N1CCCCCC1. The van der Waals surface area contributed by atoms with Crippen LogP contribution in [0.25, 0.3) is 0 Å². The third kappa shape index (κ3) is 5.45. The minimum Gasteiger partial charge on any atom is -0.354 e. The fraction of sp³-hybridized carbons (Fsp3) is 0.889. The fourth-order valence-corrected chi connectivity index (χ4v) is 3.83. The lowest BCUT2D eigenvalue weighted by Crippen LogP contribution is -2.55. The molecule has 0 saturated carbocycles. The average Bonchev–Trinajstić information content (AvgIpc) is 2.88. The molecule has 2 rings (SSSR count). The number of hydrogen-bond acceptors (Lipinski definition) is 4. The van der Waals surface area contributed by atoms with Crippen LogP contribution in [0.3, 0.4) is 0 Å². The Bertz CT molecular complexity index is 408. The molecule has 2 heterocycles. The van der Waals surface area contributed by atoms with Crippen LogP contribution >= 0.6 is 0 Å². The number of rotatable bonds is 6. The van der Waals surface area contributed by atoms with E-state index in [0.29, 0.717) is 19.5 Å². The Balaban J connectivity index is 1.92. The minimum atomic E-state index is -0.0524. The first-order valence-electron chi connectivity index (χ1n) is 9.64. The second kappa shape index (κ2) is 9.99. The lowest BCUT2D eigenvalue weighted by molar-refractivity contribution is -0.140. The van der Waals surface area contributed by atoms with Crippen LogP contribution < -0.4 is 11.1 Å². The van der Waals surface area contributed by atoms with E-state index in [1.807, 2.05) is 11.8 Å². The molecule has 2 aliphatic heterocycles. The highest BCUT2D eigenvalue weighted by Crippen LogP contribution is 2.20. The van der Waals surface area contributed by atoms with E-state index in [2.05, 4.69) is 10.2 Å². The van der Waals surface area contributed by atoms with E-state index in [4.69, 9.17) is 5.73 Å². The van der Waals surface area contributed by atoms with Crippen molar-refractivity contribution < 1.29 is 9.59 Å². The van der Waals surface area contributed by atoms with Crippen LogP contribution in [0.5, 0.6) is 0 Å². The first-order valence-corrected chi connectivity index (χ1v) is 9.64. The molecule has 3 N–H and O–H groups in total. The van der Waals surface area contributed by atoms with Crippen LogP contribution in [0.15, 0.2) is 0 Å². The highest BCUT2D eigenvalue weighted by atomic mass is 16.2. The third-order valence-electron chi connectivity index (χ3n) is 5.36. The number of carbonyl (C=O) groups excluding carboxylic acids is 2. The lowest BCUT2D eigenvalue weighted by Gasteiger charge is -2.39. The molecule has 2 amide bonds. The van der Waals surface area contributed by atoms with E-state index in [1.165, 1.54) is 25.7 Å². The largest absolute Gasteiger partial charge is 0.354 e. The molecule has 0 bridgehead atoms. The van der Waals surface area contributed by atoms with Gasteiger partial charge in [0.05, 0.1) is 6.04 Å². The quantitative estimate of drug-likeness (QED) is 0.760. The summed E-state index contributed by atoms with van der Waals surface area (Å²) in [5.41, 5.74) is 5.42. The topological polar surface area (TPSA) is 78.7 Å². The zero-order valence-electron chi connectivity index (χ0n) is 15.1. The van der Waals surface area contributed by atoms with Crippen molar-refractivity contribution in [3.05, 3.63) is 0 Å². The molecule has 0 aliphatic carbocycles. The van der Waals surface area contributed by atoms with Gasteiger partial charge in [-0.1, -0.05) is 12.8 Å². The number of nitrogens with zero attached hydrogens (tertiary/aromatic N) is 2. The molecule has 138 valence electrons. The van der Waals surface area contributed by atoms with Gasteiger partial charge < -0.3 is 16.0 Å². The van der Waals surface area contributed by atoms with E-state index in [9.17, 15) is 9.59 Å². The summed E-state index contributed by atoms with van der Waals surface area (Å²) in [6, 6.07) is 0.0749. The van der Waals surface area contributed by atoms with Crippen LogP contribution in [0, 0.1) is 0 Å². The number of amides is 2. The molecule has 0 aromatic heterocycles. The van der Waals surface area contributed by atoms with E-state index in [1.54, 1.807) is 0 Å². The van der Waals surface area contributed by atoms with Crippen molar-refractivity contribution in [2.24, 2.45) is 5.73 Å². The molecular weight excluding hydrogens is 304 g/mol. The van der Waals surface area contributed by atoms with E-state index in [0.717, 1.165) is 38.9 Å². The zero-order valence-corrected chi connectivity index (χ0v) is 15.1. The predicted molar refractivity (Wildman–Crippen MR) is 95.5 cm³/mol. The Kier molecular flexibility index (Phi) is 7.99. The maximum absolute atomic E-state index is 13.0. The second-order valence-corrected chi connectivity index (χ2v) is 7.15. The van der Waals surface area contributed by atoms with Crippen molar-refractivity contribution >= 4 is 11.8 Å². The minimum absolute atomic E-state index is 0.0176. The molecule has 6 nitrogen and oxygen atoms in total. The molecule has 6 heteroatoms. The summed E-state index contributed by atoms with van der Waals surface area (Å²) in [5.74, 6) is 0.214. The smallest absolute Gasteiger partial charge is 0.239 e. The number of piperidine rings is 1. The summed E-state index contributed by atoms with van der Waals surface area (Å²) in [6.07, 6.45) is 8.44. The molecule has 2 saturated heterocycles. The van der Waals surface area contributed by atoms with Crippen molar-refractivity contribution in [3.8, 4) is 0 Å². The maximum atomic E-state index is 13.0. The zero-order chi connectivity index (χ0) is 17.4. The highest BCUT2D eigenvalue weighted by Gasteiger charge is 2.32. The van der Waals surface area contributed by atoms with Crippen LogP contribution in [0.4, 0.5) is 0 Å². The summed E-state index contributed by atoms with van der Waals surface area (Å²) < 4.78 is 0. The second-order valence-electron chi connectivity index (χ2n) is 7.15. The number of nitrogens with two attached hydrogens (primary N) is 1. The fourth-order valence-electron chi connectivity index (χ4n) is 3.83. The Hall–Kier alpha value is -1.14. The average molecular weight is 338 g/mol. The first kappa shape index (κ1) is 19.2. The van der Waals surface area contributed by atoms with Crippen molar-refractivity contribution in [2.75, 3.05) is 32.7 Å². The molecule has 0 radical (unpaired) electrons. The predicted octanol–water partition coefficient (Wildman–Crippen LogP) is 1.10. The van der Waals surface area contributed by atoms with Gasteiger partial charge in [-0.05, 0) is 52.1 Å². The van der Waals surface area contributed by atoms with Gasteiger partial charge in [0, 0.05) is 32.1 Å². The molecule has 0 spiro atoms. The first-order chi connectivity index (χ1) is 11.6. The van der Waals surface area contributed by atoms with Crippen LogP contribution in [-0.4, -0.2) is 66.4 Å². The Morgan fingerprint density at radius 1 is 1.08 bits per heavy atom. The molecule has 0 aromatic carbocycles. The molecule has 2 fully saturated rings. The van der Waals surface area contributed by atoms with Gasteiger partial charge in [-0.2, -0.15) is 0 Å². The van der Waals surface area contributed by atoms with Crippen molar-refractivity contribution in [1.29, 1.82) is 0 Å². The molecule has 2 unspecified atom stereocenters. The Morgan fingerprint density at radius 3 is 2.42 bits per heavy atom. The summed E-state index contributed by atoms with van der Waals surface area (Å²) in [5, 5.41) is 2.94. The van der Waals surface area contributed by atoms with Gasteiger partial charge in [-0.25, -0.2) is 0 Å². The van der Waals surface area contributed by atoms with E-state index in [-0.39, 0.29) is 23.9 Å². The van der Waals surface area contributed by atoms with Gasteiger partial charge >= 0.3 is 0 Å². The number of nitrogens with one attached hydrogen (secondary N) is 1. The normalized spacial score (nSPS) is 24.2. The molecule has 24 heavy (non-hydrogen) atoms. The summed E-state index contributed by atoms with van der Waals surface area (Å²) in [7, 11) is 0. The molecule has 2 atom stereocenters. The lowest BCUT2D eigenvalue weighted by atomic mass is 10.0. The van der Waals surface area contributed by atoms with Gasteiger partial charge in [0.25, 0.3) is 0 Å². The van der Waals surface area contributed by atoms with Crippen molar-refractivity contribution in [2.45, 2.75) is 70.4 Å². The molecular formula is C18H34N4O2. The summed E-state index contributed by atoms with van der Waals surface area (Å²) in [4.78, 5) is 29.1. The molecule has 0 aromatic rings. The molecule has 2 aliphatic rings. The monoisotopic (exact) mass is 338 g/mol. The van der Waals surface area contributed by atoms with Crippen LogP contribution in [0.2, 0.25) is 0 Å². The van der Waals surface area contributed by atoms with Gasteiger partial charge in [-0.3, -0.25) is 14.5 Å². The highest BCUT2D eigenvalue weighted by molar-refractivity contribution is 5.82. The van der Waals surface area contributed by atoms with Gasteiger partial charge in [0.15, 0.2) is 0 Å². The van der Waals surface area contributed by atoms with Gasteiger partial charge in [0.2, 0.25) is 11.8 Å². The third-order valence-corrected chi connectivity index (χ3v) is 5.36. The van der Waals surface area contributed by atoms with Crippen molar-refractivity contribution in [3.63, 3.8) is 0 Å². The van der Waals surface area contributed by atoms with Crippen LogP contribution in [0.1, 0.15) is 58.3 Å². The van der Waals surface area contributed by atoms with Gasteiger partial charge in [0.1, 0.15) is 0 Å². The van der Waals surface area contributed by atoms with E-state index >= 15 is 0 Å². The summed E-state index contributed by atoms with van der Waals surface area (Å²) >= 11 is 0. The number of hydrogen-bond donors (Lipinski definition) is 2. The Labute approximate surface area is 146 Å². The number of carbonyl (C=O) groups is 2. The standard InChI is InChI=1S/C18H34N4O2/c1-15(21-11-5-2-3-6-12-21)18(24)22-13-7-4-8-16(22)14-20-17(23)9-10-19/h15-16H,2-14,19H2,1H3,(H,20,23). The Morgan fingerprint density at radius 2 is 1.75 bits per heavy atom. The maximum Gasteiger partial charge on any atom is 0.239 e. The van der Waals surface area contributed by atoms with Crippen LogP contribution in [-0.2, 0) is 9.59 Å². The van der Waals surface area contributed by atoms with Crippen molar-refractivity contribution in [1.82, 2.24) is 15.1 Å². The number of likely N-dealkylation sites (tertiary alicyclic amines) is 2. The van der Waals surface area contributed by atoms with E-state index < -0.39 is 0 Å².